The molecule has 2 amide bonds. The van der Waals surface area contributed by atoms with Crippen LogP contribution in [0, 0.1) is 0 Å². The molecule has 3 rings (SSSR count). The summed E-state index contributed by atoms with van der Waals surface area (Å²) in [7, 11) is -2.69. The van der Waals surface area contributed by atoms with Gasteiger partial charge >= 0.3 is 12.2 Å². The van der Waals surface area contributed by atoms with Gasteiger partial charge in [-0.15, -0.1) is 0 Å². The minimum atomic E-state index is -4.75. The molecule has 1 aromatic rings. The van der Waals surface area contributed by atoms with Gasteiger partial charge in [0.25, 0.3) is 0 Å². The van der Waals surface area contributed by atoms with E-state index < -0.39 is 26.7 Å². The van der Waals surface area contributed by atoms with E-state index in [1.807, 2.05) is 6.92 Å². The maximum atomic E-state index is 13.3. The van der Waals surface area contributed by atoms with Gasteiger partial charge in [0.05, 0.1) is 10.5 Å². The van der Waals surface area contributed by atoms with E-state index in [9.17, 15) is 26.4 Å². The van der Waals surface area contributed by atoms with E-state index in [2.05, 4.69) is 10.2 Å². The first-order valence-electron chi connectivity index (χ1n) is 9.93. The Morgan fingerprint density at radius 3 is 2.33 bits per heavy atom. The van der Waals surface area contributed by atoms with Crippen LogP contribution in [0.15, 0.2) is 29.2 Å². The van der Waals surface area contributed by atoms with Gasteiger partial charge in [-0.3, -0.25) is 4.90 Å². The predicted molar refractivity (Wildman–Crippen MR) is 105 cm³/mol. The third-order valence-corrected chi connectivity index (χ3v) is 8.17. The molecule has 11 heteroatoms. The molecule has 168 valence electrons. The van der Waals surface area contributed by atoms with Crippen molar-refractivity contribution in [3.8, 4) is 0 Å². The Morgan fingerprint density at radius 2 is 1.77 bits per heavy atom. The molecule has 1 aromatic carbocycles. The number of benzene rings is 1. The number of carbonyl (C=O) groups is 1. The van der Waals surface area contributed by atoms with Gasteiger partial charge in [0.15, 0.2) is 0 Å². The van der Waals surface area contributed by atoms with Crippen LogP contribution in [0.1, 0.15) is 25.3 Å². The lowest BCUT2D eigenvalue weighted by Crippen LogP contribution is -2.59. The predicted octanol–water partition coefficient (Wildman–Crippen LogP) is 2.21. The van der Waals surface area contributed by atoms with Gasteiger partial charge in [-0.25, -0.2) is 13.2 Å². The van der Waals surface area contributed by atoms with Crippen LogP contribution in [0.2, 0.25) is 0 Å². The van der Waals surface area contributed by atoms with Crippen molar-refractivity contribution in [2.75, 3.05) is 46.3 Å². The zero-order valence-corrected chi connectivity index (χ0v) is 17.9. The number of hydrogen-bond acceptors (Lipinski definition) is 4. The number of amides is 2. The van der Waals surface area contributed by atoms with E-state index in [1.54, 1.807) is 11.9 Å². The largest absolute Gasteiger partial charge is 0.417 e. The third kappa shape index (κ3) is 4.15. The first kappa shape index (κ1) is 22.8. The number of piperazine rings is 1. The fraction of sp³-hybridized carbons (Fsp3) is 0.632. The molecular formula is C19H27F3N4O3S. The quantitative estimate of drug-likeness (QED) is 0.767. The summed E-state index contributed by atoms with van der Waals surface area (Å²) in [5.74, 6) is 0. The Hall–Kier alpha value is -1.85. The second-order valence-electron chi connectivity index (χ2n) is 7.69. The van der Waals surface area contributed by atoms with Crippen LogP contribution in [0.3, 0.4) is 0 Å². The minimum Gasteiger partial charge on any atom is -0.341 e. The topological polar surface area (TPSA) is 73.0 Å². The van der Waals surface area contributed by atoms with E-state index >= 15 is 0 Å². The maximum Gasteiger partial charge on any atom is 0.417 e. The molecule has 1 atom stereocenters. The molecule has 0 saturated carbocycles. The number of rotatable bonds is 4. The smallest absolute Gasteiger partial charge is 0.341 e. The molecule has 2 heterocycles. The summed E-state index contributed by atoms with van der Waals surface area (Å²) in [5, 5.41) is 2.62. The van der Waals surface area contributed by atoms with E-state index in [1.165, 1.54) is 12.1 Å². The molecular weight excluding hydrogens is 421 g/mol. The number of urea groups is 1. The van der Waals surface area contributed by atoms with Crippen molar-refractivity contribution >= 4 is 16.1 Å². The summed E-state index contributed by atoms with van der Waals surface area (Å²) < 4.78 is 67.0. The number of likely N-dealkylation sites (tertiary alicyclic amines) is 1. The highest BCUT2D eigenvalue weighted by Gasteiger charge is 2.45. The molecule has 7 nitrogen and oxygen atoms in total. The molecule has 2 fully saturated rings. The van der Waals surface area contributed by atoms with Crippen LogP contribution in [0.4, 0.5) is 18.0 Å². The molecule has 2 aliphatic heterocycles. The Morgan fingerprint density at radius 1 is 1.13 bits per heavy atom. The van der Waals surface area contributed by atoms with Crippen molar-refractivity contribution in [2.24, 2.45) is 0 Å². The maximum absolute atomic E-state index is 13.3. The number of alkyl halides is 3. The third-order valence-electron chi connectivity index (χ3n) is 6.21. The highest BCUT2D eigenvalue weighted by atomic mass is 32.2. The highest BCUT2D eigenvalue weighted by Crippen LogP contribution is 2.36. The Labute approximate surface area is 174 Å². The summed E-state index contributed by atoms with van der Waals surface area (Å²) in [6, 6.07) is 4.15. The standard InChI is InChI=1S/C19H27F3N4O3S/c1-3-18(8-9-24(14-18)17(27)23-2)25-10-12-26(13-11-25)30(28,29)16-7-5-4-6-15(16)19(20,21)22/h4-7H,3,8-14H2,1-2H3,(H,23,27)/t18-/m0/s1. The van der Waals surface area contributed by atoms with Crippen LogP contribution in [0.5, 0.6) is 0 Å². The van der Waals surface area contributed by atoms with Gasteiger partial charge in [-0.1, -0.05) is 19.1 Å². The molecule has 0 radical (unpaired) electrons. The molecule has 0 aromatic heterocycles. The number of halogens is 3. The Bertz CT molecular complexity index is 885. The monoisotopic (exact) mass is 448 g/mol. The molecule has 0 spiro atoms. The first-order valence-corrected chi connectivity index (χ1v) is 11.4. The molecule has 30 heavy (non-hydrogen) atoms. The van der Waals surface area contributed by atoms with E-state index in [-0.39, 0.29) is 24.7 Å². The fourth-order valence-electron chi connectivity index (χ4n) is 4.43. The fourth-order valence-corrected chi connectivity index (χ4v) is 6.06. The summed E-state index contributed by atoms with van der Waals surface area (Å²) in [5.41, 5.74) is -1.39. The number of sulfonamides is 1. The molecule has 0 unspecified atom stereocenters. The average Bonchev–Trinajstić information content (AvgIpc) is 3.18. The minimum absolute atomic E-state index is 0.107. The first-order chi connectivity index (χ1) is 14.0. The van der Waals surface area contributed by atoms with Crippen LogP contribution >= 0.6 is 0 Å². The zero-order valence-electron chi connectivity index (χ0n) is 17.1. The van der Waals surface area contributed by atoms with E-state index in [0.29, 0.717) is 26.2 Å². The van der Waals surface area contributed by atoms with Gasteiger partial charge in [0, 0.05) is 51.9 Å². The lowest BCUT2D eigenvalue weighted by molar-refractivity contribution is -0.139. The van der Waals surface area contributed by atoms with Crippen LogP contribution < -0.4 is 5.32 Å². The van der Waals surface area contributed by atoms with Crippen molar-refractivity contribution in [2.45, 2.75) is 36.4 Å². The van der Waals surface area contributed by atoms with Crippen molar-refractivity contribution in [3.63, 3.8) is 0 Å². The lowest BCUT2D eigenvalue weighted by atomic mass is 9.92. The highest BCUT2D eigenvalue weighted by molar-refractivity contribution is 7.89. The molecule has 0 bridgehead atoms. The summed E-state index contributed by atoms with van der Waals surface area (Å²) >= 11 is 0. The summed E-state index contributed by atoms with van der Waals surface area (Å²) in [6.07, 6.45) is -3.17. The lowest BCUT2D eigenvalue weighted by Gasteiger charge is -2.45. The number of nitrogens with zero attached hydrogens (tertiary/aromatic N) is 3. The van der Waals surface area contributed by atoms with Gasteiger partial charge in [-0.2, -0.15) is 17.5 Å². The number of carbonyl (C=O) groups excluding carboxylic acids is 1. The molecule has 2 aliphatic rings. The Kier molecular flexibility index (Phi) is 6.35. The van der Waals surface area contributed by atoms with Crippen molar-refractivity contribution in [1.29, 1.82) is 0 Å². The van der Waals surface area contributed by atoms with Crippen molar-refractivity contribution < 1.29 is 26.4 Å². The molecule has 1 N–H and O–H groups in total. The van der Waals surface area contributed by atoms with E-state index in [4.69, 9.17) is 0 Å². The van der Waals surface area contributed by atoms with Crippen LogP contribution in [-0.2, 0) is 16.2 Å². The van der Waals surface area contributed by atoms with Gasteiger partial charge in [0.2, 0.25) is 10.0 Å². The molecule has 0 aliphatic carbocycles. The van der Waals surface area contributed by atoms with Gasteiger partial charge in [0.1, 0.15) is 0 Å². The summed E-state index contributed by atoms with van der Waals surface area (Å²) in [4.78, 5) is 15.2. The van der Waals surface area contributed by atoms with Crippen LogP contribution in [0.25, 0.3) is 0 Å². The number of hydrogen-bond donors (Lipinski definition) is 1. The van der Waals surface area contributed by atoms with Crippen molar-refractivity contribution in [3.05, 3.63) is 29.8 Å². The zero-order chi connectivity index (χ0) is 22.2. The van der Waals surface area contributed by atoms with E-state index in [0.717, 1.165) is 29.3 Å². The van der Waals surface area contributed by atoms with Crippen molar-refractivity contribution in [1.82, 2.24) is 19.4 Å². The SMILES string of the molecule is CC[C@]1(N2CCN(S(=O)(=O)c3ccccc3C(F)(F)F)CC2)CCN(C(=O)NC)C1. The van der Waals surface area contributed by atoms with Crippen LogP contribution in [-0.4, -0.2) is 80.4 Å². The average molecular weight is 449 g/mol. The Balaban J connectivity index is 1.75. The molecule has 2 saturated heterocycles. The normalized spacial score (nSPS) is 24.2. The van der Waals surface area contributed by atoms with Gasteiger partial charge in [-0.05, 0) is 25.0 Å². The number of nitrogens with one attached hydrogen (secondary N) is 1. The summed E-state index contributed by atoms with van der Waals surface area (Å²) in [6.45, 7) is 4.23. The van der Waals surface area contributed by atoms with Gasteiger partial charge < -0.3 is 10.2 Å². The second kappa shape index (κ2) is 8.35. The second-order valence-corrected chi connectivity index (χ2v) is 9.60.